The van der Waals surface area contributed by atoms with Gasteiger partial charge in [-0.05, 0) is 62.7 Å². The second-order valence-corrected chi connectivity index (χ2v) is 7.58. The van der Waals surface area contributed by atoms with Crippen LogP contribution in [0, 0.1) is 17.8 Å². The molecule has 0 atom stereocenters. The van der Waals surface area contributed by atoms with Crippen LogP contribution in [-0.2, 0) is 11.8 Å². The van der Waals surface area contributed by atoms with E-state index in [1.807, 2.05) is 0 Å². The molecule has 0 radical (unpaired) electrons. The van der Waals surface area contributed by atoms with Gasteiger partial charge in [0.25, 0.3) is 0 Å². The lowest BCUT2D eigenvalue weighted by molar-refractivity contribution is -0.00670. The standard InChI is InChI=1S/C16H26N4/c1-2-3-13-19-14(15(17)20(13)18)16-7-10-4-11(8-16)6-12(5-10)9-16/h10-12H,2-9,17-18H2,1H3. The fraction of sp³-hybridized carbons (Fsp3) is 0.812. The maximum atomic E-state index is 6.33. The normalized spacial score (nSPS) is 38.5. The minimum absolute atomic E-state index is 0.256. The van der Waals surface area contributed by atoms with Gasteiger partial charge in [0, 0.05) is 11.8 Å². The van der Waals surface area contributed by atoms with Crippen LogP contribution in [0.15, 0.2) is 0 Å². The van der Waals surface area contributed by atoms with Crippen LogP contribution in [0.1, 0.15) is 63.4 Å². The van der Waals surface area contributed by atoms with Crippen molar-refractivity contribution in [1.82, 2.24) is 9.66 Å². The Morgan fingerprint density at radius 3 is 2.20 bits per heavy atom. The van der Waals surface area contributed by atoms with Crippen LogP contribution >= 0.6 is 0 Å². The quantitative estimate of drug-likeness (QED) is 0.832. The lowest BCUT2D eigenvalue weighted by Gasteiger charge is -2.56. The van der Waals surface area contributed by atoms with Crippen LogP contribution in [0.5, 0.6) is 0 Å². The third kappa shape index (κ3) is 1.63. The van der Waals surface area contributed by atoms with Gasteiger partial charge in [-0.1, -0.05) is 6.92 Å². The molecule has 4 saturated carbocycles. The van der Waals surface area contributed by atoms with Crippen molar-refractivity contribution in [2.45, 2.75) is 63.7 Å². The first-order valence-corrected chi connectivity index (χ1v) is 8.24. The van der Waals surface area contributed by atoms with E-state index in [-0.39, 0.29) is 5.41 Å². The monoisotopic (exact) mass is 274 g/mol. The summed E-state index contributed by atoms with van der Waals surface area (Å²) in [5.41, 5.74) is 7.73. The summed E-state index contributed by atoms with van der Waals surface area (Å²) in [6, 6.07) is 0. The van der Waals surface area contributed by atoms with Crippen LogP contribution in [0.25, 0.3) is 0 Å². The number of imidazole rings is 1. The zero-order valence-electron chi connectivity index (χ0n) is 12.4. The zero-order valence-corrected chi connectivity index (χ0v) is 12.4. The molecule has 0 amide bonds. The Balaban J connectivity index is 1.75. The molecule has 0 unspecified atom stereocenters. The summed E-state index contributed by atoms with van der Waals surface area (Å²) in [4.78, 5) is 4.90. The van der Waals surface area contributed by atoms with Gasteiger partial charge in [0.15, 0.2) is 0 Å². The van der Waals surface area contributed by atoms with E-state index in [1.165, 1.54) is 38.5 Å². The second kappa shape index (κ2) is 4.15. The number of rotatable bonds is 3. The highest BCUT2D eigenvalue weighted by Gasteiger charge is 2.53. The van der Waals surface area contributed by atoms with E-state index in [2.05, 4.69) is 6.92 Å². The highest BCUT2D eigenvalue weighted by molar-refractivity contribution is 5.45. The molecule has 4 nitrogen and oxygen atoms in total. The summed E-state index contributed by atoms with van der Waals surface area (Å²) in [7, 11) is 0. The van der Waals surface area contributed by atoms with Crippen molar-refractivity contribution in [3.05, 3.63) is 11.5 Å². The average molecular weight is 274 g/mol. The SMILES string of the molecule is CCCc1nc(C23CC4CC(CC(C4)C2)C3)c(N)n1N. The third-order valence-electron chi connectivity index (χ3n) is 6.04. The van der Waals surface area contributed by atoms with Crippen LogP contribution in [-0.4, -0.2) is 9.66 Å². The van der Waals surface area contributed by atoms with Gasteiger partial charge < -0.3 is 11.6 Å². The van der Waals surface area contributed by atoms with Gasteiger partial charge >= 0.3 is 0 Å². The lowest BCUT2D eigenvalue weighted by atomic mass is 9.49. The number of nitrogen functional groups attached to an aromatic ring is 2. The van der Waals surface area contributed by atoms with Gasteiger partial charge in [-0.3, -0.25) is 0 Å². The molecule has 4 aliphatic rings. The molecule has 0 aromatic carbocycles. The summed E-state index contributed by atoms with van der Waals surface area (Å²) in [6.45, 7) is 2.16. The largest absolute Gasteiger partial charge is 0.382 e. The van der Waals surface area contributed by atoms with Crippen molar-refractivity contribution in [3.8, 4) is 0 Å². The lowest BCUT2D eigenvalue weighted by Crippen LogP contribution is -2.49. The van der Waals surface area contributed by atoms with Gasteiger partial charge in [0.05, 0.1) is 5.69 Å². The zero-order chi connectivity index (χ0) is 13.9. The van der Waals surface area contributed by atoms with Gasteiger partial charge in [-0.15, -0.1) is 0 Å². The average Bonchev–Trinajstić information content (AvgIpc) is 2.67. The topological polar surface area (TPSA) is 69.9 Å². The number of anilines is 1. The Labute approximate surface area is 120 Å². The molecule has 4 aliphatic carbocycles. The van der Waals surface area contributed by atoms with E-state index in [0.29, 0.717) is 0 Å². The number of aromatic nitrogens is 2. The smallest absolute Gasteiger partial charge is 0.146 e. The fourth-order valence-corrected chi connectivity index (χ4v) is 5.68. The molecule has 0 saturated heterocycles. The third-order valence-corrected chi connectivity index (χ3v) is 6.04. The first-order valence-electron chi connectivity index (χ1n) is 8.24. The number of nitrogens with two attached hydrogens (primary N) is 2. The molecule has 1 aromatic heterocycles. The Bertz CT molecular complexity index is 496. The van der Waals surface area contributed by atoms with Crippen molar-refractivity contribution >= 4 is 5.82 Å². The van der Waals surface area contributed by atoms with E-state index < -0.39 is 0 Å². The maximum absolute atomic E-state index is 6.33. The number of aryl methyl sites for hydroxylation is 1. The van der Waals surface area contributed by atoms with Gasteiger partial charge in [0.2, 0.25) is 0 Å². The maximum Gasteiger partial charge on any atom is 0.146 e. The summed E-state index contributed by atoms with van der Waals surface area (Å²) in [6.07, 6.45) is 10.2. The fourth-order valence-electron chi connectivity index (χ4n) is 5.68. The van der Waals surface area contributed by atoms with E-state index >= 15 is 0 Å². The first-order chi connectivity index (χ1) is 9.61. The van der Waals surface area contributed by atoms with Crippen LogP contribution < -0.4 is 11.6 Å². The molecule has 1 aromatic rings. The molecular formula is C16H26N4. The number of hydrogen-bond acceptors (Lipinski definition) is 3. The summed E-state index contributed by atoms with van der Waals surface area (Å²) >= 11 is 0. The molecule has 4 N–H and O–H groups in total. The van der Waals surface area contributed by atoms with Gasteiger partial charge in [-0.25, -0.2) is 9.66 Å². The highest BCUT2D eigenvalue weighted by atomic mass is 15.4. The Morgan fingerprint density at radius 1 is 1.15 bits per heavy atom. The van der Waals surface area contributed by atoms with Crippen molar-refractivity contribution in [3.63, 3.8) is 0 Å². The summed E-state index contributed by atoms with van der Waals surface area (Å²) < 4.78 is 1.65. The molecule has 110 valence electrons. The van der Waals surface area contributed by atoms with Gasteiger partial charge in [-0.2, -0.15) is 0 Å². The predicted molar refractivity (Wildman–Crippen MR) is 80.6 cm³/mol. The molecular weight excluding hydrogens is 248 g/mol. The Morgan fingerprint density at radius 2 is 1.70 bits per heavy atom. The molecule has 4 fully saturated rings. The number of hydrogen-bond donors (Lipinski definition) is 2. The van der Waals surface area contributed by atoms with E-state index in [9.17, 15) is 0 Å². The molecule has 4 heteroatoms. The van der Waals surface area contributed by atoms with E-state index in [4.69, 9.17) is 16.6 Å². The molecule has 20 heavy (non-hydrogen) atoms. The van der Waals surface area contributed by atoms with Crippen molar-refractivity contribution in [2.75, 3.05) is 11.6 Å². The molecule has 5 rings (SSSR count). The van der Waals surface area contributed by atoms with Crippen molar-refractivity contribution < 1.29 is 0 Å². The molecule has 0 aliphatic heterocycles. The van der Waals surface area contributed by atoms with Crippen LogP contribution in [0.2, 0.25) is 0 Å². The highest BCUT2D eigenvalue weighted by Crippen LogP contribution is 2.61. The first kappa shape index (κ1) is 12.5. The molecule has 0 spiro atoms. The van der Waals surface area contributed by atoms with E-state index in [1.54, 1.807) is 4.68 Å². The minimum atomic E-state index is 0.256. The number of nitrogens with zero attached hydrogens (tertiary/aromatic N) is 2. The minimum Gasteiger partial charge on any atom is -0.382 e. The van der Waals surface area contributed by atoms with Crippen LogP contribution in [0.4, 0.5) is 5.82 Å². The Kier molecular flexibility index (Phi) is 2.60. The summed E-state index contributed by atoms with van der Waals surface area (Å²) in [5.74, 6) is 10.6. The molecule has 4 bridgehead atoms. The van der Waals surface area contributed by atoms with Gasteiger partial charge in [0.1, 0.15) is 11.6 Å². The van der Waals surface area contributed by atoms with Crippen molar-refractivity contribution in [1.29, 1.82) is 0 Å². The predicted octanol–water partition coefficient (Wildman–Crippen LogP) is 2.60. The van der Waals surface area contributed by atoms with Crippen LogP contribution in [0.3, 0.4) is 0 Å². The van der Waals surface area contributed by atoms with Crippen molar-refractivity contribution in [2.24, 2.45) is 17.8 Å². The van der Waals surface area contributed by atoms with E-state index in [0.717, 1.165) is 47.9 Å². The summed E-state index contributed by atoms with van der Waals surface area (Å²) in [5, 5.41) is 0. The molecule has 1 heterocycles. The Hall–Kier alpha value is -1.19. The second-order valence-electron chi connectivity index (χ2n) is 7.58.